The zero-order chi connectivity index (χ0) is 15.1. The minimum Gasteiger partial charge on any atom is -0.0616 e. The number of aryl methyl sites for hydroxylation is 2. The third-order valence-corrected chi connectivity index (χ3v) is 4.33. The quantitative estimate of drug-likeness (QED) is 0.385. The summed E-state index contributed by atoms with van der Waals surface area (Å²) in [6.07, 6.45) is 0. The van der Waals surface area contributed by atoms with Crippen LogP contribution in [0.25, 0.3) is 32.7 Å². The zero-order valence-corrected chi connectivity index (χ0v) is 12.9. The van der Waals surface area contributed by atoms with Gasteiger partial charge in [0.05, 0.1) is 0 Å². The molecule has 0 radical (unpaired) electrons. The molecule has 0 heteroatoms. The molecule has 0 aromatic heterocycles. The Kier molecular flexibility index (Phi) is 2.97. The molecule has 0 nitrogen and oxygen atoms in total. The maximum absolute atomic E-state index is 2.30. The van der Waals surface area contributed by atoms with Gasteiger partial charge in [-0.3, -0.25) is 0 Å². The van der Waals surface area contributed by atoms with Gasteiger partial charge in [0.1, 0.15) is 0 Å². The average Bonchev–Trinajstić information content (AvgIpc) is 2.53. The highest BCUT2D eigenvalue weighted by atomic mass is 14.1. The lowest BCUT2D eigenvalue weighted by molar-refractivity contribution is 1.47. The van der Waals surface area contributed by atoms with Gasteiger partial charge in [-0.25, -0.2) is 0 Å². The van der Waals surface area contributed by atoms with Crippen molar-refractivity contribution < 1.29 is 0 Å². The Morgan fingerprint density at radius 1 is 0.500 bits per heavy atom. The number of rotatable bonds is 1. The van der Waals surface area contributed by atoms with Crippen molar-refractivity contribution in [3.05, 3.63) is 83.9 Å². The molecule has 22 heavy (non-hydrogen) atoms. The molecule has 0 aliphatic rings. The van der Waals surface area contributed by atoms with Crippen LogP contribution in [0.3, 0.4) is 0 Å². The Morgan fingerprint density at radius 2 is 1.23 bits per heavy atom. The zero-order valence-electron chi connectivity index (χ0n) is 12.9. The highest BCUT2D eigenvalue weighted by molar-refractivity contribution is 6.05. The predicted octanol–water partition coefficient (Wildman–Crippen LogP) is 6.28. The molecule has 0 spiro atoms. The van der Waals surface area contributed by atoms with Crippen molar-refractivity contribution in [1.29, 1.82) is 0 Å². The van der Waals surface area contributed by atoms with Gasteiger partial charge in [-0.05, 0) is 52.1 Å². The maximum atomic E-state index is 2.30. The molecular weight excluding hydrogens is 264 g/mol. The minimum atomic E-state index is 1.29. The average molecular weight is 282 g/mol. The first kappa shape index (κ1) is 13.1. The van der Waals surface area contributed by atoms with Crippen molar-refractivity contribution in [1.82, 2.24) is 0 Å². The van der Waals surface area contributed by atoms with Crippen LogP contribution < -0.4 is 0 Å². The highest BCUT2D eigenvalue weighted by Gasteiger charge is 2.08. The molecule has 0 aliphatic heterocycles. The first-order valence-corrected chi connectivity index (χ1v) is 7.71. The summed E-state index contributed by atoms with van der Waals surface area (Å²) in [5.74, 6) is 0. The smallest absolute Gasteiger partial charge is 0.00965 e. The molecule has 0 saturated carbocycles. The molecular formula is C22H18. The van der Waals surface area contributed by atoms with E-state index in [9.17, 15) is 0 Å². The number of fused-ring (bicyclic) bond motifs is 2. The van der Waals surface area contributed by atoms with E-state index in [-0.39, 0.29) is 0 Å². The van der Waals surface area contributed by atoms with E-state index in [1.54, 1.807) is 0 Å². The van der Waals surface area contributed by atoms with Crippen LogP contribution in [-0.4, -0.2) is 0 Å². The summed E-state index contributed by atoms with van der Waals surface area (Å²) in [7, 11) is 0. The largest absolute Gasteiger partial charge is 0.0616 e. The van der Waals surface area contributed by atoms with Crippen molar-refractivity contribution in [2.45, 2.75) is 13.8 Å². The molecule has 4 aromatic carbocycles. The standard InChI is InChI=1S/C22H18/c1-15-10-11-20-18(12-15)13-16(2)14-22(20)21-9-5-7-17-6-3-4-8-19(17)21/h3-14H,1-2H3. The summed E-state index contributed by atoms with van der Waals surface area (Å²) in [4.78, 5) is 0. The Morgan fingerprint density at radius 3 is 2.14 bits per heavy atom. The van der Waals surface area contributed by atoms with Crippen LogP contribution in [0.5, 0.6) is 0 Å². The summed E-state index contributed by atoms with van der Waals surface area (Å²) in [5.41, 5.74) is 5.26. The molecule has 0 unspecified atom stereocenters. The lowest BCUT2D eigenvalue weighted by Crippen LogP contribution is -1.86. The number of hydrogen-bond acceptors (Lipinski definition) is 0. The van der Waals surface area contributed by atoms with Crippen LogP contribution in [0.2, 0.25) is 0 Å². The summed E-state index contributed by atoms with van der Waals surface area (Å²) in [5, 5.41) is 5.26. The summed E-state index contributed by atoms with van der Waals surface area (Å²) >= 11 is 0. The van der Waals surface area contributed by atoms with Crippen LogP contribution in [0.15, 0.2) is 72.8 Å². The monoisotopic (exact) mass is 282 g/mol. The first-order valence-electron chi connectivity index (χ1n) is 7.71. The molecule has 0 aliphatic carbocycles. The van der Waals surface area contributed by atoms with Gasteiger partial charge in [0, 0.05) is 0 Å². The van der Waals surface area contributed by atoms with Crippen LogP contribution >= 0.6 is 0 Å². The Bertz CT molecular complexity index is 983. The Balaban J connectivity index is 2.12. The molecule has 0 bridgehead atoms. The number of hydrogen-bond donors (Lipinski definition) is 0. The Hall–Kier alpha value is -2.60. The van der Waals surface area contributed by atoms with E-state index in [2.05, 4.69) is 86.6 Å². The molecule has 4 rings (SSSR count). The molecule has 106 valence electrons. The summed E-state index contributed by atoms with van der Waals surface area (Å²) in [6, 6.07) is 26.5. The molecule has 0 heterocycles. The van der Waals surface area contributed by atoms with Gasteiger partial charge < -0.3 is 0 Å². The van der Waals surface area contributed by atoms with E-state index in [1.807, 2.05) is 0 Å². The molecule has 0 amide bonds. The summed E-state index contributed by atoms with van der Waals surface area (Å²) < 4.78 is 0. The summed E-state index contributed by atoms with van der Waals surface area (Å²) in [6.45, 7) is 4.33. The number of benzene rings is 4. The van der Waals surface area contributed by atoms with Crippen molar-refractivity contribution >= 4 is 21.5 Å². The lowest BCUT2D eigenvalue weighted by atomic mass is 9.92. The fourth-order valence-electron chi connectivity index (χ4n) is 3.32. The van der Waals surface area contributed by atoms with Gasteiger partial charge >= 0.3 is 0 Å². The fraction of sp³-hybridized carbons (Fsp3) is 0.0909. The van der Waals surface area contributed by atoms with E-state index in [0.717, 1.165) is 0 Å². The lowest BCUT2D eigenvalue weighted by Gasteiger charge is -2.12. The SMILES string of the molecule is Cc1ccc2c(-c3cccc4ccccc34)cc(C)cc2c1. The van der Waals surface area contributed by atoms with E-state index in [4.69, 9.17) is 0 Å². The van der Waals surface area contributed by atoms with Crippen LogP contribution in [0.4, 0.5) is 0 Å². The van der Waals surface area contributed by atoms with Gasteiger partial charge in [-0.1, -0.05) is 78.4 Å². The van der Waals surface area contributed by atoms with Gasteiger partial charge in [0.25, 0.3) is 0 Å². The first-order chi connectivity index (χ1) is 10.7. The van der Waals surface area contributed by atoms with E-state index < -0.39 is 0 Å². The molecule has 0 N–H and O–H groups in total. The third kappa shape index (κ3) is 2.08. The molecule has 4 aromatic rings. The second-order valence-corrected chi connectivity index (χ2v) is 6.06. The molecule has 0 saturated heterocycles. The molecule has 0 fully saturated rings. The van der Waals surface area contributed by atoms with Gasteiger partial charge in [-0.15, -0.1) is 0 Å². The van der Waals surface area contributed by atoms with E-state index in [0.29, 0.717) is 0 Å². The third-order valence-electron chi connectivity index (χ3n) is 4.33. The van der Waals surface area contributed by atoms with Crippen molar-refractivity contribution in [2.75, 3.05) is 0 Å². The van der Waals surface area contributed by atoms with E-state index in [1.165, 1.54) is 43.8 Å². The van der Waals surface area contributed by atoms with Gasteiger partial charge in [0.2, 0.25) is 0 Å². The topological polar surface area (TPSA) is 0 Å². The van der Waals surface area contributed by atoms with Crippen LogP contribution in [-0.2, 0) is 0 Å². The van der Waals surface area contributed by atoms with Crippen molar-refractivity contribution in [3.8, 4) is 11.1 Å². The van der Waals surface area contributed by atoms with Gasteiger partial charge in [-0.2, -0.15) is 0 Å². The normalized spacial score (nSPS) is 11.2. The molecule has 0 atom stereocenters. The van der Waals surface area contributed by atoms with Gasteiger partial charge in [0.15, 0.2) is 0 Å². The predicted molar refractivity (Wildman–Crippen MR) is 96.4 cm³/mol. The minimum absolute atomic E-state index is 1.29. The van der Waals surface area contributed by atoms with E-state index >= 15 is 0 Å². The Labute approximate surface area is 131 Å². The van der Waals surface area contributed by atoms with Crippen LogP contribution in [0, 0.1) is 13.8 Å². The second-order valence-electron chi connectivity index (χ2n) is 6.06. The highest BCUT2D eigenvalue weighted by Crippen LogP contribution is 2.35. The fourth-order valence-corrected chi connectivity index (χ4v) is 3.32. The second kappa shape index (κ2) is 4.99. The van der Waals surface area contributed by atoms with Crippen molar-refractivity contribution in [2.24, 2.45) is 0 Å². The van der Waals surface area contributed by atoms with Crippen LogP contribution in [0.1, 0.15) is 11.1 Å². The van der Waals surface area contributed by atoms with Crippen molar-refractivity contribution in [3.63, 3.8) is 0 Å². The maximum Gasteiger partial charge on any atom is -0.00965 e.